The molecule has 0 spiro atoms. The Labute approximate surface area is 117 Å². The Bertz CT molecular complexity index is 487. The van der Waals surface area contributed by atoms with Crippen LogP contribution in [-0.2, 0) is 13.0 Å². The van der Waals surface area contributed by atoms with Gasteiger partial charge in [-0.15, -0.1) is 0 Å². The third kappa shape index (κ3) is 2.27. The van der Waals surface area contributed by atoms with Crippen LogP contribution in [0.25, 0.3) is 0 Å². The second kappa shape index (κ2) is 5.17. The summed E-state index contributed by atoms with van der Waals surface area (Å²) in [5.74, 6) is 1.10. The summed E-state index contributed by atoms with van der Waals surface area (Å²) in [6.07, 6.45) is 0.928. The number of nitrogens with zero attached hydrogens (tertiary/aromatic N) is 2. The normalized spacial score (nSPS) is 27.2. The van der Waals surface area contributed by atoms with Crippen molar-refractivity contribution in [3.63, 3.8) is 0 Å². The molecule has 0 radical (unpaired) electrons. The fraction of sp³-hybridized carbons (Fsp3) is 0.692. The molecule has 3 rings (SSSR count). The molecule has 104 valence electrons. The molecule has 0 aromatic carbocycles. The molecule has 1 aromatic rings. The van der Waals surface area contributed by atoms with Crippen LogP contribution in [0.2, 0.25) is 0 Å². The van der Waals surface area contributed by atoms with Crippen LogP contribution in [0.5, 0.6) is 0 Å². The van der Waals surface area contributed by atoms with Gasteiger partial charge in [0.05, 0.1) is 0 Å². The Morgan fingerprint density at radius 2 is 2.32 bits per heavy atom. The van der Waals surface area contributed by atoms with Crippen molar-refractivity contribution in [3.05, 3.63) is 17.0 Å². The van der Waals surface area contributed by atoms with Crippen LogP contribution in [0.4, 0.5) is 0 Å². The lowest BCUT2D eigenvalue weighted by Gasteiger charge is -2.37. The van der Waals surface area contributed by atoms with Gasteiger partial charge in [-0.3, -0.25) is 9.89 Å². The second-order valence-corrected chi connectivity index (χ2v) is 6.76. The minimum absolute atomic E-state index is 0.0841. The molecule has 3 heterocycles. The van der Waals surface area contributed by atoms with Crippen LogP contribution in [0, 0.1) is 0 Å². The molecule has 6 heteroatoms. The van der Waals surface area contributed by atoms with E-state index in [1.54, 1.807) is 0 Å². The molecule has 2 atom stereocenters. The zero-order valence-electron chi connectivity index (χ0n) is 11.4. The molecule has 0 saturated carbocycles. The highest BCUT2D eigenvalue weighted by Crippen LogP contribution is 2.26. The van der Waals surface area contributed by atoms with Crippen molar-refractivity contribution >= 4 is 17.7 Å². The number of carbonyl (C=O) groups is 1. The third-order valence-electron chi connectivity index (χ3n) is 4.15. The second-order valence-electron chi connectivity index (χ2n) is 5.27. The Morgan fingerprint density at radius 3 is 3.16 bits per heavy atom. The molecule has 0 bridgehead atoms. The number of nitrogens with one attached hydrogen (secondary N) is 2. The van der Waals surface area contributed by atoms with Gasteiger partial charge in [-0.25, -0.2) is 0 Å². The van der Waals surface area contributed by atoms with Crippen molar-refractivity contribution in [2.75, 3.05) is 18.8 Å². The van der Waals surface area contributed by atoms with Gasteiger partial charge >= 0.3 is 0 Å². The topological polar surface area (TPSA) is 61.0 Å². The molecule has 2 aliphatic rings. The van der Waals surface area contributed by atoms with E-state index in [1.807, 2.05) is 16.7 Å². The molecule has 1 amide bonds. The predicted octanol–water partition coefficient (Wildman–Crippen LogP) is 1.02. The van der Waals surface area contributed by atoms with Crippen molar-refractivity contribution in [3.8, 4) is 0 Å². The standard InChI is InChI=1S/C13H20N4OS/c1-8-9(2)19-6-5-17(8)13(18)12-10-7-14-4-3-11(10)15-16-12/h8-9,14H,3-7H2,1-2H3,(H,15,16). The van der Waals surface area contributed by atoms with Crippen molar-refractivity contribution < 1.29 is 4.79 Å². The highest BCUT2D eigenvalue weighted by Gasteiger charge is 2.32. The lowest BCUT2D eigenvalue weighted by atomic mass is 10.1. The Hall–Kier alpha value is -1.01. The van der Waals surface area contributed by atoms with E-state index in [-0.39, 0.29) is 11.9 Å². The molecule has 2 N–H and O–H groups in total. The summed E-state index contributed by atoms with van der Waals surface area (Å²) >= 11 is 1.94. The molecule has 5 nitrogen and oxygen atoms in total. The summed E-state index contributed by atoms with van der Waals surface area (Å²) in [5, 5.41) is 11.1. The first-order chi connectivity index (χ1) is 9.18. The molecule has 19 heavy (non-hydrogen) atoms. The van der Waals surface area contributed by atoms with Crippen molar-refractivity contribution in [1.29, 1.82) is 0 Å². The average Bonchev–Trinajstić information content (AvgIpc) is 2.85. The van der Waals surface area contributed by atoms with E-state index in [1.165, 1.54) is 0 Å². The van der Waals surface area contributed by atoms with E-state index in [4.69, 9.17) is 0 Å². The number of aromatic amines is 1. The SMILES string of the molecule is CC1SCCN(C(=O)c2n[nH]c3c2CNCC3)C1C. The summed E-state index contributed by atoms with van der Waals surface area (Å²) in [5.41, 5.74) is 2.80. The molecule has 1 aromatic heterocycles. The number of amides is 1. The van der Waals surface area contributed by atoms with Gasteiger partial charge in [0, 0.05) is 54.4 Å². The fourth-order valence-electron chi connectivity index (χ4n) is 2.76. The fourth-order valence-corrected chi connectivity index (χ4v) is 3.86. The largest absolute Gasteiger partial charge is 0.333 e. The van der Waals surface area contributed by atoms with Crippen LogP contribution in [0.3, 0.4) is 0 Å². The van der Waals surface area contributed by atoms with Crippen LogP contribution in [0.15, 0.2) is 0 Å². The summed E-state index contributed by atoms with van der Waals surface area (Å²) in [4.78, 5) is 14.7. The zero-order chi connectivity index (χ0) is 13.4. The first-order valence-electron chi connectivity index (χ1n) is 6.88. The van der Waals surface area contributed by atoms with Crippen molar-refractivity contribution in [2.45, 2.75) is 38.1 Å². The van der Waals surface area contributed by atoms with E-state index in [0.29, 0.717) is 10.9 Å². The number of H-pyrrole nitrogens is 1. The molecular weight excluding hydrogens is 260 g/mol. The predicted molar refractivity (Wildman–Crippen MR) is 76.4 cm³/mol. The van der Waals surface area contributed by atoms with Crippen LogP contribution >= 0.6 is 11.8 Å². The van der Waals surface area contributed by atoms with Crippen molar-refractivity contribution in [1.82, 2.24) is 20.4 Å². The number of thioether (sulfide) groups is 1. The minimum atomic E-state index is 0.0841. The number of hydrogen-bond donors (Lipinski definition) is 2. The van der Waals surface area contributed by atoms with Gasteiger partial charge in [-0.2, -0.15) is 16.9 Å². The highest BCUT2D eigenvalue weighted by molar-refractivity contribution is 8.00. The van der Waals surface area contributed by atoms with Gasteiger partial charge in [0.25, 0.3) is 5.91 Å². The van der Waals surface area contributed by atoms with Gasteiger partial charge < -0.3 is 10.2 Å². The number of carbonyl (C=O) groups excluding carboxylic acids is 1. The zero-order valence-corrected chi connectivity index (χ0v) is 12.2. The first kappa shape index (κ1) is 13.0. The number of fused-ring (bicyclic) bond motifs is 1. The summed E-state index contributed by atoms with van der Waals surface area (Å²) in [6.45, 7) is 6.85. The monoisotopic (exact) mass is 280 g/mol. The maximum Gasteiger partial charge on any atom is 0.274 e. The molecule has 0 aliphatic carbocycles. The third-order valence-corrected chi connectivity index (χ3v) is 5.49. The number of hydrogen-bond acceptors (Lipinski definition) is 4. The first-order valence-corrected chi connectivity index (χ1v) is 7.92. The van der Waals surface area contributed by atoms with Crippen LogP contribution in [0.1, 0.15) is 35.6 Å². The molecule has 1 saturated heterocycles. The van der Waals surface area contributed by atoms with Gasteiger partial charge in [-0.1, -0.05) is 6.92 Å². The molecular formula is C13H20N4OS. The summed E-state index contributed by atoms with van der Waals surface area (Å²) < 4.78 is 0. The smallest absolute Gasteiger partial charge is 0.274 e. The molecule has 2 aliphatic heterocycles. The van der Waals surface area contributed by atoms with E-state index in [2.05, 4.69) is 29.4 Å². The van der Waals surface area contributed by atoms with Crippen molar-refractivity contribution in [2.24, 2.45) is 0 Å². The van der Waals surface area contributed by atoms with Gasteiger partial charge in [0.2, 0.25) is 0 Å². The van der Waals surface area contributed by atoms with Gasteiger partial charge in [0.15, 0.2) is 5.69 Å². The Balaban J connectivity index is 1.85. The van der Waals surface area contributed by atoms with E-state index in [9.17, 15) is 4.79 Å². The van der Waals surface area contributed by atoms with E-state index < -0.39 is 0 Å². The maximum atomic E-state index is 12.7. The number of rotatable bonds is 1. The Morgan fingerprint density at radius 1 is 1.47 bits per heavy atom. The van der Waals surface area contributed by atoms with Crippen LogP contribution in [-0.4, -0.2) is 51.1 Å². The maximum absolute atomic E-state index is 12.7. The quantitative estimate of drug-likeness (QED) is 0.806. The van der Waals surface area contributed by atoms with Gasteiger partial charge in [0.1, 0.15) is 0 Å². The summed E-state index contributed by atoms with van der Waals surface area (Å²) in [7, 11) is 0. The van der Waals surface area contributed by atoms with E-state index >= 15 is 0 Å². The van der Waals surface area contributed by atoms with E-state index in [0.717, 1.165) is 43.1 Å². The number of aromatic nitrogens is 2. The Kier molecular flexibility index (Phi) is 3.54. The lowest BCUT2D eigenvalue weighted by molar-refractivity contribution is 0.0690. The molecule has 1 fully saturated rings. The highest BCUT2D eigenvalue weighted by atomic mass is 32.2. The minimum Gasteiger partial charge on any atom is -0.333 e. The van der Waals surface area contributed by atoms with Gasteiger partial charge in [-0.05, 0) is 6.92 Å². The summed E-state index contributed by atoms with van der Waals surface area (Å²) in [6, 6.07) is 0.273. The lowest BCUT2D eigenvalue weighted by Crippen LogP contribution is -2.48. The average molecular weight is 280 g/mol. The van der Waals surface area contributed by atoms with Crippen LogP contribution < -0.4 is 5.32 Å². The molecule has 2 unspecified atom stereocenters.